The highest BCUT2D eigenvalue weighted by Gasteiger charge is 2.13. The van der Waals surface area contributed by atoms with Crippen LogP contribution < -0.4 is 0 Å². The summed E-state index contributed by atoms with van der Waals surface area (Å²) in [6.07, 6.45) is 3.13. The van der Waals surface area contributed by atoms with Gasteiger partial charge in [0.1, 0.15) is 11.8 Å². The fourth-order valence-electron chi connectivity index (χ4n) is 2.18. The molecular weight excluding hydrogens is 270 g/mol. The Bertz CT molecular complexity index is 891. The van der Waals surface area contributed by atoms with E-state index in [9.17, 15) is 0 Å². The molecule has 0 N–H and O–H groups in total. The van der Waals surface area contributed by atoms with Crippen molar-refractivity contribution in [2.24, 2.45) is 0 Å². The summed E-state index contributed by atoms with van der Waals surface area (Å²) in [5, 5.41) is 12.2. The highest BCUT2D eigenvalue weighted by atomic mass is 16.5. The van der Waals surface area contributed by atoms with Crippen LogP contribution in [-0.4, -0.2) is 25.1 Å². The number of aromatic nitrogens is 5. The van der Waals surface area contributed by atoms with Crippen molar-refractivity contribution >= 4 is 11.0 Å². The molecule has 0 radical (unpaired) electrons. The van der Waals surface area contributed by atoms with Crippen molar-refractivity contribution in [3.63, 3.8) is 0 Å². The normalized spacial score (nSPS) is 11.3. The minimum atomic E-state index is 0.431. The van der Waals surface area contributed by atoms with Crippen LogP contribution in [0.25, 0.3) is 33.9 Å². The predicted molar refractivity (Wildman–Crippen MR) is 74.2 cm³/mol. The molecule has 0 unspecified atom stereocenters. The van der Waals surface area contributed by atoms with E-state index < -0.39 is 0 Å². The molecule has 0 saturated heterocycles. The molecule has 7 nitrogen and oxygen atoms in total. The molecule has 0 aliphatic carbocycles. The Hall–Kier alpha value is -2.96. The van der Waals surface area contributed by atoms with Crippen LogP contribution in [0.15, 0.2) is 45.7 Å². The van der Waals surface area contributed by atoms with E-state index in [4.69, 9.17) is 8.94 Å². The second-order valence-corrected chi connectivity index (χ2v) is 4.54. The van der Waals surface area contributed by atoms with Crippen LogP contribution in [0.5, 0.6) is 0 Å². The maximum absolute atomic E-state index is 5.25. The molecule has 0 aliphatic rings. The van der Waals surface area contributed by atoms with E-state index in [1.54, 1.807) is 18.6 Å². The lowest BCUT2D eigenvalue weighted by atomic mass is 10.2. The van der Waals surface area contributed by atoms with Gasteiger partial charge in [-0.3, -0.25) is 0 Å². The van der Waals surface area contributed by atoms with E-state index in [1.165, 1.54) is 0 Å². The topological polar surface area (TPSA) is 82.8 Å². The van der Waals surface area contributed by atoms with Gasteiger partial charge in [-0.1, -0.05) is 10.4 Å². The van der Waals surface area contributed by atoms with Gasteiger partial charge in [0, 0.05) is 12.1 Å². The lowest BCUT2D eigenvalue weighted by molar-refractivity contribution is 0.431. The van der Waals surface area contributed by atoms with E-state index in [-0.39, 0.29) is 0 Å². The number of hydrogen-bond donors (Lipinski definition) is 0. The number of aryl methyl sites for hydroxylation is 1. The fourth-order valence-corrected chi connectivity index (χ4v) is 2.18. The van der Waals surface area contributed by atoms with Crippen LogP contribution in [0.3, 0.4) is 0 Å². The monoisotopic (exact) mass is 281 g/mol. The maximum atomic E-state index is 5.25. The first-order chi connectivity index (χ1) is 10.3. The quantitative estimate of drug-likeness (QED) is 0.574. The Labute approximate surface area is 119 Å². The summed E-state index contributed by atoms with van der Waals surface area (Å²) in [5.74, 6) is 0.956. The van der Waals surface area contributed by atoms with E-state index in [0.29, 0.717) is 11.7 Å². The molecule has 3 aromatic heterocycles. The molecule has 7 heteroatoms. The summed E-state index contributed by atoms with van der Waals surface area (Å²) in [7, 11) is 0. The van der Waals surface area contributed by atoms with Gasteiger partial charge in [-0.05, 0) is 31.2 Å². The first-order valence-corrected chi connectivity index (χ1v) is 6.55. The van der Waals surface area contributed by atoms with Gasteiger partial charge in [-0.15, -0.1) is 5.10 Å². The summed E-state index contributed by atoms with van der Waals surface area (Å²) in [5.41, 5.74) is 3.41. The smallest absolute Gasteiger partial charge is 0.261 e. The predicted octanol–water partition coefficient (Wildman–Crippen LogP) is 2.76. The molecule has 0 amide bonds. The highest BCUT2D eigenvalue weighted by Crippen LogP contribution is 2.24. The number of rotatable bonds is 3. The largest absolute Gasteiger partial charge is 0.472 e. The van der Waals surface area contributed by atoms with Crippen LogP contribution in [0.2, 0.25) is 0 Å². The Morgan fingerprint density at radius 1 is 1.19 bits per heavy atom. The molecule has 1 aromatic carbocycles. The van der Waals surface area contributed by atoms with Crippen LogP contribution in [0.4, 0.5) is 0 Å². The SMILES string of the molecule is CCn1nnc2ccc(-c3noc(-c4ccoc4)n3)cc21. The van der Waals surface area contributed by atoms with Gasteiger partial charge in [-0.25, -0.2) is 4.68 Å². The molecule has 21 heavy (non-hydrogen) atoms. The Morgan fingerprint density at radius 3 is 2.95 bits per heavy atom. The zero-order valence-corrected chi connectivity index (χ0v) is 11.2. The number of fused-ring (bicyclic) bond motifs is 1. The Kier molecular flexibility index (Phi) is 2.56. The van der Waals surface area contributed by atoms with Crippen molar-refractivity contribution < 1.29 is 8.94 Å². The van der Waals surface area contributed by atoms with E-state index in [2.05, 4.69) is 20.5 Å². The van der Waals surface area contributed by atoms with Crippen molar-refractivity contribution in [2.75, 3.05) is 0 Å². The number of nitrogens with zero attached hydrogens (tertiary/aromatic N) is 5. The lowest BCUT2D eigenvalue weighted by Gasteiger charge is -1.98. The number of benzene rings is 1. The van der Waals surface area contributed by atoms with Gasteiger partial charge in [0.05, 0.1) is 17.3 Å². The summed E-state index contributed by atoms with van der Waals surface area (Å²) >= 11 is 0. The van der Waals surface area contributed by atoms with E-state index >= 15 is 0 Å². The van der Waals surface area contributed by atoms with Crippen molar-refractivity contribution in [1.82, 2.24) is 25.1 Å². The van der Waals surface area contributed by atoms with Crippen LogP contribution in [-0.2, 0) is 6.54 Å². The van der Waals surface area contributed by atoms with Gasteiger partial charge in [0.25, 0.3) is 5.89 Å². The number of furan rings is 1. The fraction of sp³-hybridized carbons (Fsp3) is 0.143. The lowest BCUT2D eigenvalue weighted by Crippen LogP contribution is -1.96. The van der Waals surface area contributed by atoms with Gasteiger partial charge in [-0.2, -0.15) is 4.98 Å². The number of hydrogen-bond acceptors (Lipinski definition) is 6. The minimum Gasteiger partial charge on any atom is -0.472 e. The zero-order chi connectivity index (χ0) is 14.2. The van der Waals surface area contributed by atoms with E-state index in [0.717, 1.165) is 28.7 Å². The molecule has 104 valence electrons. The third-order valence-corrected chi connectivity index (χ3v) is 3.27. The maximum Gasteiger partial charge on any atom is 0.261 e. The van der Waals surface area contributed by atoms with Crippen molar-refractivity contribution in [3.8, 4) is 22.8 Å². The Balaban J connectivity index is 1.79. The third kappa shape index (κ3) is 1.90. The molecule has 0 aliphatic heterocycles. The minimum absolute atomic E-state index is 0.431. The molecule has 0 fully saturated rings. The van der Waals surface area contributed by atoms with Crippen molar-refractivity contribution in [3.05, 3.63) is 36.8 Å². The van der Waals surface area contributed by atoms with Crippen molar-refractivity contribution in [2.45, 2.75) is 13.5 Å². The molecule has 0 bridgehead atoms. The van der Waals surface area contributed by atoms with Gasteiger partial charge >= 0.3 is 0 Å². The highest BCUT2D eigenvalue weighted by molar-refractivity contribution is 5.80. The molecule has 0 saturated carbocycles. The standard InChI is InChI=1S/C14H11N5O2/c1-2-19-12-7-9(3-4-11(12)16-18-19)13-15-14(21-17-13)10-5-6-20-8-10/h3-8H,2H2,1H3. The molecule has 4 aromatic rings. The van der Waals surface area contributed by atoms with Gasteiger partial charge in [0.15, 0.2) is 0 Å². The summed E-state index contributed by atoms with van der Waals surface area (Å²) < 4.78 is 12.1. The van der Waals surface area contributed by atoms with Crippen LogP contribution in [0, 0.1) is 0 Å². The molecule has 3 heterocycles. The molecular formula is C14H11N5O2. The first kappa shape index (κ1) is 11.8. The summed E-state index contributed by atoms with van der Waals surface area (Å²) in [6, 6.07) is 7.54. The molecule has 0 spiro atoms. The summed E-state index contributed by atoms with van der Waals surface area (Å²) in [4.78, 5) is 4.38. The van der Waals surface area contributed by atoms with Gasteiger partial charge in [0.2, 0.25) is 5.82 Å². The summed E-state index contributed by atoms with van der Waals surface area (Å²) in [6.45, 7) is 2.78. The molecule has 4 rings (SSSR count). The zero-order valence-electron chi connectivity index (χ0n) is 11.2. The second kappa shape index (κ2) is 4.55. The third-order valence-electron chi connectivity index (χ3n) is 3.27. The second-order valence-electron chi connectivity index (χ2n) is 4.54. The Morgan fingerprint density at radius 2 is 2.14 bits per heavy atom. The van der Waals surface area contributed by atoms with Crippen LogP contribution >= 0.6 is 0 Å². The average Bonchev–Trinajstić information content (AvgIpc) is 3.25. The van der Waals surface area contributed by atoms with Crippen LogP contribution in [0.1, 0.15) is 6.92 Å². The van der Waals surface area contributed by atoms with Gasteiger partial charge < -0.3 is 8.94 Å². The van der Waals surface area contributed by atoms with E-state index in [1.807, 2.05) is 29.8 Å². The molecule has 0 atom stereocenters. The average molecular weight is 281 g/mol. The first-order valence-electron chi connectivity index (χ1n) is 6.55. The van der Waals surface area contributed by atoms with Crippen molar-refractivity contribution in [1.29, 1.82) is 0 Å².